The molecule has 1 fully saturated rings. The van der Waals surface area contributed by atoms with Crippen molar-refractivity contribution in [3.8, 4) is 11.5 Å². The zero-order valence-corrected chi connectivity index (χ0v) is 19.7. The zero-order valence-electron chi connectivity index (χ0n) is 18.9. The Labute approximate surface area is 207 Å². The standard InChI is InChI=1S/C26H25ClN4O4/c27-22-11-18(35-17-6-2-1-3-7-17)9-10-20(22)24(33)21-12-28-25-23(21)26(30-15-29-25)31-16-5-4-8-19(13-32)34-14-16/h1-3,6-7,9-12,15-16,19,32H,4-5,8,13-14H2,(H2,28,29,30,31). The molecule has 2 aromatic heterocycles. The summed E-state index contributed by atoms with van der Waals surface area (Å²) >= 11 is 6.50. The van der Waals surface area contributed by atoms with Crippen molar-refractivity contribution < 1.29 is 19.4 Å². The number of para-hydroxylation sites is 1. The summed E-state index contributed by atoms with van der Waals surface area (Å²) in [6.45, 7) is 0.454. The molecule has 0 radical (unpaired) electrons. The summed E-state index contributed by atoms with van der Waals surface area (Å²) in [4.78, 5) is 25.3. The van der Waals surface area contributed by atoms with E-state index in [4.69, 9.17) is 21.1 Å². The molecule has 0 amide bonds. The lowest BCUT2D eigenvalue weighted by atomic mass is 10.0. The lowest BCUT2D eigenvalue weighted by Crippen LogP contribution is -2.27. The SMILES string of the molecule is O=C(c1ccc(Oc2ccccc2)cc1Cl)c1c[nH]c2ncnc(NC3CCCC(CO)OC3)c12. The molecule has 3 N–H and O–H groups in total. The number of aliphatic hydroxyl groups is 1. The van der Waals surface area contributed by atoms with Gasteiger partial charge in [0.1, 0.15) is 29.3 Å². The number of rotatable bonds is 7. The molecule has 2 atom stereocenters. The summed E-state index contributed by atoms with van der Waals surface area (Å²) in [5, 5.41) is 13.7. The molecule has 1 aliphatic rings. The molecule has 0 saturated carbocycles. The van der Waals surface area contributed by atoms with E-state index in [9.17, 15) is 9.90 Å². The highest BCUT2D eigenvalue weighted by atomic mass is 35.5. The van der Waals surface area contributed by atoms with Crippen LogP contribution in [0.2, 0.25) is 5.02 Å². The van der Waals surface area contributed by atoms with E-state index in [1.165, 1.54) is 6.33 Å². The van der Waals surface area contributed by atoms with Crippen LogP contribution in [0.5, 0.6) is 11.5 Å². The minimum absolute atomic E-state index is 0.000471. The molecule has 2 unspecified atom stereocenters. The average molecular weight is 493 g/mol. The van der Waals surface area contributed by atoms with E-state index in [1.807, 2.05) is 30.3 Å². The van der Waals surface area contributed by atoms with Crippen LogP contribution in [0.4, 0.5) is 5.82 Å². The molecule has 1 aliphatic heterocycles. The average Bonchev–Trinajstić information content (AvgIpc) is 3.18. The molecule has 3 heterocycles. The van der Waals surface area contributed by atoms with Crippen LogP contribution in [0, 0.1) is 0 Å². The van der Waals surface area contributed by atoms with Crippen LogP contribution in [0.15, 0.2) is 61.1 Å². The maximum Gasteiger partial charge on any atom is 0.196 e. The maximum atomic E-state index is 13.5. The Morgan fingerprint density at radius 3 is 2.80 bits per heavy atom. The first-order chi connectivity index (χ1) is 17.1. The minimum atomic E-state index is -0.247. The number of hydrogen-bond acceptors (Lipinski definition) is 7. The molecule has 5 rings (SSSR count). The van der Waals surface area contributed by atoms with Crippen molar-refractivity contribution in [3.05, 3.63) is 77.2 Å². The van der Waals surface area contributed by atoms with Gasteiger partial charge in [-0.05, 0) is 43.5 Å². The van der Waals surface area contributed by atoms with Crippen LogP contribution >= 0.6 is 11.6 Å². The summed E-state index contributed by atoms with van der Waals surface area (Å²) in [5.41, 5.74) is 1.32. The topological polar surface area (TPSA) is 109 Å². The van der Waals surface area contributed by atoms with Gasteiger partial charge in [0.15, 0.2) is 5.78 Å². The molecule has 0 bridgehead atoms. The first-order valence-corrected chi connectivity index (χ1v) is 11.9. The largest absolute Gasteiger partial charge is 0.457 e. The Bertz CT molecular complexity index is 1330. The Morgan fingerprint density at radius 2 is 2.00 bits per heavy atom. The second kappa shape index (κ2) is 10.4. The molecule has 8 nitrogen and oxygen atoms in total. The zero-order chi connectivity index (χ0) is 24.2. The smallest absolute Gasteiger partial charge is 0.196 e. The fourth-order valence-electron chi connectivity index (χ4n) is 4.23. The van der Waals surface area contributed by atoms with Gasteiger partial charge < -0.3 is 24.9 Å². The number of benzene rings is 2. The molecule has 4 aromatic rings. The molecule has 180 valence electrons. The number of H-pyrrole nitrogens is 1. The fourth-order valence-corrected chi connectivity index (χ4v) is 4.48. The molecule has 2 aromatic carbocycles. The van der Waals surface area contributed by atoms with Gasteiger partial charge >= 0.3 is 0 Å². The molecule has 0 aliphatic carbocycles. The number of aromatic nitrogens is 3. The van der Waals surface area contributed by atoms with E-state index >= 15 is 0 Å². The second-order valence-electron chi connectivity index (χ2n) is 8.44. The molecule has 35 heavy (non-hydrogen) atoms. The number of nitrogens with zero attached hydrogens (tertiary/aromatic N) is 2. The number of hydrogen-bond donors (Lipinski definition) is 3. The van der Waals surface area contributed by atoms with Gasteiger partial charge in [0.05, 0.1) is 41.3 Å². The minimum Gasteiger partial charge on any atom is -0.457 e. The number of ether oxygens (including phenoxy) is 2. The van der Waals surface area contributed by atoms with Gasteiger partial charge in [0, 0.05) is 17.8 Å². The van der Waals surface area contributed by atoms with E-state index < -0.39 is 0 Å². The van der Waals surface area contributed by atoms with E-state index in [1.54, 1.807) is 24.4 Å². The molecule has 1 saturated heterocycles. The van der Waals surface area contributed by atoms with Crippen molar-refractivity contribution >= 4 is 34.2 Å². The Kier molecular flexibility index (Phi) is 6.94. The Hall–Kier alpha value is -3.46. The molecular formula is C26H25ClN4O4. The van der Waals surface area contributed by atoms with Crippen molar-refractivity contribution in [1.82, 2.24) is 15.0 Å². The third-order valence-electron chi connectivity index (χ3n) is 6.03. The van der Waals surface area contributed by atoms with Crippen molar-refractivity contribution in [2.24, 2.45) is 0 Å². The van der Waals surface area contributed by atoms with Gasteiger partial charge in [-0.2, -0.15) is 0 Å². The lowest BCUT2D eigenvalue weighted by Gasteiger charge is -2.18. The highest BCUT2D eigenvalue weighted by molar-refractivity contribution is 6.35. The number of carbonyl (C=O) groups excluding carboxylic acids is 1. The number of carbonyl (C=O) groups is 1. The Balaban J connectivity index is 1.40. The number of fused-ring (bicyclic) bond motifs is 1. The number of halogens is 1. The highest BCUT2D eigenvalue weighted by Gasteiger charge is 2.24. The van der Waals surface area contributed by atoms with Crippen LogP contribution in [0.25, 0.3) is 11.0 Å². The van der Waals surface area contributed by atoms with Crippen LogP contribution in [0.1, 0.15) is 35.2 Å². The monoisotopic (exact) mass is 492 g/mol. The van der Waals surface area contributed by atoms with Crippen LogP contribution in [0.3, 0.4) is 0 Å². The summed E-state index contributed by atoms with van der Waals surface area (Å²) in [7, 11) is 0. The highest BCUT2D eigenvalue weighted by Crippen LogP contribution is 2.31. The van der Waals surface area contributed by atoms with Crippen LogP contribution in [-0.2, 0) is 4.74 Å². The number of nitrogens with one attached hydrogen (secondary N) is 2. The van der Waals surface area contributed by atoms with Crippen molar-refractivity contribution in [2.75, 3.05) is 18.5 Å². The van der Waals surface area contributed by atoms with Gasteiger partial charge in [0.25, 0.3) is 0 Å². The third kappa shape index (κ3) is 5.14. The summed E-state index contributed by atoms with van der Waals surface area (Å²) in [6.07, 6.45) is 5.53. The predicted molar refractivity (Wildman–Crippen MR) is 133 cm³/mol. The first-order valence-electron chi connectivity index (χ1n) is 11.5. The third-order valence-corrected chi connectivity index (χ3v) is 6.35. The van der Waals surface area contributed by atoms with Crippen LogP contribution < -0.4 is 10.1 Å². The van der Waals surface area contributed by atoms with E-state index in [0.717, 1.165) is 19.3 Å². The molecular weight excluding hydrogens is 468 g/mol. The normalized spacial score (nSPS) is 18.2. The van der Waals surface area contributed by atoms with E-state index in [0.29, 0.717) is 46.1 Å². The van der Waals surface area contributed by atoms with E-state index in [-0.39, 0.29) is 29.6 Å². The number of anilines is 1. The van der Waals surface area contributed by atoms with Gasteiger partial charge in [-0.3, -0.25) is 4.79 Å². The van der Waals surface area contributed by atoms with Gasteiger partial charge in [0.2, 0.25) is 0 Å². The van der Waals surface area contributed by atoms with Crippen LogP contribution in [-0.4, -0.2) is 51.2 Å². The lowest BCUT2D eigenvalue weighted by molar-refractivity contribution is 0.0149. The molecule has 9 heteroatoms. The van der Waals surface area contributed by atoms with E-state index in [2.05, 4.69) is 20.3 Å². The number of aromatic amines is 1. The van der Waals surface area contributed by atoms with Gasteiger partial charge in [-0.1, -0.05) is 29.8 Å². The van der Waals surface area contributed by atoms with Crippen molar-refractivity contribution in [2.45, 2.75) is 31.4 Å². The molecule has 0 spiro atoms. The van der Waals surface area contributed by atoms with Gasteiger partial charge in [-0.15, -0.1) is 0 Å². The van der Waals surface area contributed by atoms with Crippen molar-refractivity contribution in [3.63, 3.8) is 0 Å². The predicted octanol–water partition coefficient (Wildman–Crippen LogP) is 4.98. The fraction of sp³-hybridized carbons (Fsp3) is 0.269. The summed E-state index contributed by atoms with van der Waals surface area (Å²) < 4.78 is 11.6. The number of ketones is 1. The maximum absolute atomic E-state index is 13.5. The number of aliphatic hydroxyl groups excluding tert-OH is 1. The second-order valence-corrected chi connectivity index (χ2v) is 8.85. The summed E-state index contributed by atoms with van der Waals surface area (Å²) in [5.74, 6) is 1.52. The first kappa shape index (κ1) is 23.3. The van der Waals surface area contributed by atoms with Crippen molar-refractivity contribution in [1.29, 1.82) is 0 Å². The van der Waals surface area contributed by atoms with Gasteiger partial charge in [-0.25, -0.2) is 9.97 Å². The quantitative estimate of drug-likeness (QED) is 0.312. The Morgan fingerprint density at radius 1 is 1.14 bits per heavy atom. The summed E-state index contributed by atoms with van der Waals surface area (Å²) in [6, 6.07) is 14.4.